The number of aliphatic imine (C=N–C) groups is 1. The van der Waals surface area contributed by atoms with Crippen molar-refractivity contribution in [1.29, 1.82) is 0 Å². The predicted molar refractivity (Wildman–Crippen MR) is 108 cm³/mol. The fraction of sp³-hybridized carbons (Fsp3) is 0.632. The molecule has 2 saturated heterocycles. The number of benzene rings is 1. The SMILES string of the molecule is CCNC(=NCC1(O)CCSC1)NC1CCN(c2ccccc2)CC1. The lowest BCUT2D eigenvalue weighted by Gasteiger charge is -2.34. The molecule has 1 aromatic rings. The Morgan fingerprint density at radius 3 is 2.72 bits per heavy atom. The minimum Gasteiger partial charge on any atom is -0.387 e. The summed E-state index contributed by atoms with van der Waals surface area (Å²) in [5.41, 5.74) is 0.687. The average molecular weight is 363 g/mol. The van der Waals surface area contributed by atoms with Crippen LogP contribution in [0.4, 0.5) is 5.69 Å². The van der Waals surface area contributed by atoms with Crippen molar-refractivity contribution in [2.45, 2.75) is 37.8 Å². The number of hydrogen-bond donors (Lipinski definition) is 3. The first-order valence-electron chi connectivity index (χ1n) is 9.33. The number of rotatable bonds is 5. The summed E-state index contributed by atoms with van der Waals surface area (Å²) in [6.07, 6.45) is 3.04. The van der Waals surface area contributed by atoms with Gasteiger partial charge in [0.2, 0.25) is 0 Å². The van der Waals surface area contributed by atoms with Crippen LogP contribution in [-0.4, -0.2) is 60.4 Å². The molecule has 6 heteroatoms. The highest BCUT2D eigenvalue weighted by Gasteiger charge is 2.31. The van der Waals surface area contributed by atoms with E-state index in [-0.39, 0.29) is 0 Å². The van der Waals surface area contributed by atoms with Crippen molar-refractivity contribution in [2.75, 3.05) is 42.6 Å². The van der Waals surface area contributed by atoms with Gasteiger partial charge < -0.3 is 20.6 Å². The third kappa shape index (κ3) is 5.28. The van der Waals surface area contributed by atoms with Gasteiger partial charge in [-0.25, -0.2) is 0 Å². The Kier molecular flexibility index (Phi) is 6.48. The zero-order chi connectivity index (χ0) is 17.5. The van der Waals surface area contributed by atoms with E-state index >= 15 is 0 Å². The molecule has 3 rings (SSSR count). The van der Waals surface area contributed by atoms with Crippen molar-refractivity contribution < 1.29 is 5.11 Å². The van der Waals surface area contributed by atoms with Gasteiger partial charge in [-0.15, -0.1) is 0 Å². The van der Waals surface area contributed by atoms with E-state index < -0.39 is 5.60 Å². The van der Waals surface area contributed by atoms with E-state index in [1.165, 1.54) is 5.69 Å². The molecular weight excluding hydrogens is 332 g/mol. The smallest absolute Gasteiger partial charge is 0.191 e. The number of aliphatic hydroxyl groups is 1. The summed E-state index contributed by atoms with van der Waals surface area (Å²) >= 11 is 1.81. The lowest BCUT2D eigenvalue weighted by atomic mass is 10.0. The average Bonchev–Trinajstić information content (AvgIpc) is 3.08. The van der Waals surface area contributed by atoms with Crippen LogP contribution in [0, 0.1) is 0 Å². The molecule has 2 aliphatic rings. The zero-order valence-corrected chi connectivity index (χ0v) is 15.9. The molecule has 2 aliphatic heterocycles. The Bertz CT molecular complexity index is 552. The highest BCUT2D eigenvalue weighted by molar-refractivity contribution is 7.99. The third-order valence-electron chi connectivity index (χ3n) is 4.92. The highest BCUT2D eigenvalue weighted by atomic mass is 32.2. The van der Waals surface area contributed by atoms with Crippen LogP contribution < -0.4 is 15.5 Å². The van der Waals surface area contributed by atoms with Gasteiger partial charge in [0.25, 0.3) is 0 Å². The van der Waals surface area contributed by atoms with E-state index in [9.17, 15) is 5.11 Å². The van der Waals surface area contributed by atoms with Gasteiger partial charge in [-0.05, 0) is 44.1 Å². The molecule has 0 aliphatic carbocycles. The lowest BCUT2D eigenvalue weighted by molar-refractivity contribution is 0.0778. The number of nitrogens with one attached hydrogen (secondary N) is 2. The first kappa shape index (κ1) is 18.4. The molecule has 2 fully saturated rings. The monoisotopic (exact) mass is 362 g/mol. The second-order valence-corrected chi connectivity index (χ2v) is 8.07. The molecule has 138 valence electrons. The summed E-state index contributed by atoms with van der Waals surface area (Å²) in [5.74, 6) is 2.67. The molecule has 1 unspecified atom stereocenters. The third-order valence-corrected chi connectivity index (χ3v) is 6.15. The topological polar surface area (TPSA) is 59.9 Å². The summed E-state index contributed by atoms with van der Waals surface area (Å²) in [6, 6.07) is 11.1. The molecule has 0 bridgehead atoms. The Morgan fingerprint density at radius 1 is 1.32 bits per heavy atom. The summed E-state index contributed by atoms with van der Waals surface area (Å²) in [7, 11) is 0. The largest absolute Gasteiger partial charge is 0.387 e. The Labute approximate surface area is 155 Å². The van der Waals surface area contributed by atoms with Crippen LogP contribution in [0.5, 0.6) is 0 Å². The van der Waals surface area contributed by atoms with Crippen molar-refractivity contribution in [1.82, 2.24) is 10.6 Å². The van der Waals surface area contributed by atoms with E-state index in [1.807, 2.05) is 11.8 Å². The molecule has 1 aromatic carbocycles. The fourth-order valence-electron chi connectivity index (χ4n) is 3.38. The van der Waals surface area contributed by atoms with E-state index in [0.29, 0.717) is 12.6 Å². The molecule has 0 amide bonds. The number of guanidine groups is 1. The summed E-state index contributed by atoms with van der Waals surface area (Å²) in [6.45, 7) is 5.51. The normalized spacial score (nSPS) is 25.2. The van der Waals surface area contributed by atoms with Crippen LogP contribution in [0.2, 0.25) is 0 Å². The molecule has 2 heterocycles. The second kappa shape index (κ2) is 8.81. The summed E-state index contributed by atoms with van der Waals surface area (Å²) in [5, 5.41) is 17.4. The molecule has 0 saturated carbocycles. The van der Waals surface area contributed by atoms with Gasteiger partial charge in [-0.1, -0.05) is 18.2 Å². The minimum atomic E-state index is -0.621. The Hall–Kier alpha value is -1.40. The van der Waals surface area contributed by atoms with Gasteiger partial charge in [0.05, 0.1) is 12.1 Å². The van der Waals surface area contributed by atoms with E-state index in [4.69, 9.17) is 0 Å². The standard InChI is InChI=1S/C19H30N4OS/c1-2-20-18(21-14-19(24)10-13-25-15-19)22-16-8-11-23(12-9-16)17-6-4-3-5-7-17/h3-7,16,24H,2,8-15H2,1H3,(H2,20,21,22). The van der Waals surface area contributed by atoms with Crippen LogP contribution >= 0.6 is 11.8 Å². The number of piperidine rings is 1. The van der Waals surface area contributed by atoms with Crippen molar-refractivity contribution in [3.63, 3.8) is 0 Å². The number of hydrogen-bond acceptors (Lipinski definition) is 4. The maximum absolute atomic E-state index is 10.5. The molecule has 0 radical (unpaired) electrons. The second-order valence-electron chi connectivity index (χ2n) is 6.96. The first-order valence-corrected chi connectivity index (χ1v) is 10.5. The van der Waals surface area contributed by atoms with Crippen molar-refractivity contribution in [2.24, 2.45) is 4.99 Å². The lowest BCUT2D eigenvalue weighted by Crippen LogP contribution is -2.49. The van der Waals surface area contributed by atoms with Crippen LogP contribution in [0.25, 0.3) is 0 Å². The van der Waals surface area contributed by atoms with E-state index in [1.54, 1.807) is 0 Å². The van der Waals surface area contributed by atoms with Gasteiger partial charge >= 0.3 is 0 Å². The van der Waals surface area contributed by atoms with Gasteiger partial charge in [0.1, 0.15) is 0 Å². The maximum Gasteiger partial charge on any atom is 0.191 e. The van der Waals surface area contributed by atoms with Crippen LogP contribution in [-0.2, 0) is 0 Å². The number of anilines is 1. The molecule has 1 atom stereocenters. The molecule has 25 heavy (non-hydrogen) atoms. The van der Waals surface area contributed by atoms with Crippen LogP contribution in [0.15, 0.2) is 35.3 Å². The molecule has 0 aromatic heterocycles. The quantitative estimate of drug-likeness (QED) is 0.553. The number of nitrogens with zero attached hydrogens (tertiary/aromatic N) is 2. The summed E-state index contributed by atoms with van der Waals surface area (Å²) in [4.78, 5) is 7.10. The Morgan fingerprint density at radius 2 is 2.08 bits per heavy atom. The molecule has 5 nitrogen and oxygen atoms in total. The first-order chi connectivity index (χ1) is 12.2. The van der Waals surface area contributed by atoms with E-state index in [0.717, 1.165) is 56.4 Å². The van der Waals surface area contributed by atoms with Gasteiger partial charge in [0.15, 0.2) is 5.96 Å². The van der Waals surface area contributed by atoms with Crippen LogP contribution in [0.1, 0.15) is 26.2 Å². The van der Waals surface area contributed by atoms with Gasteiger partial charge in [-0.3, -0.25) is 4.99 Å². The Balaban J connectivity index is 1.51. The van der Waals surface area contributed by atoms with Crippen molar-refractivity contribution in [3.05, 3.63) is 30.3 Å². The van der Waals surface area contributed by atoms with Gasteiger partial charge in [0, 0.05) is 37.1 Å². The summed E-state index contributed by atoms with van der Waals surface area (Å²) < 4.78 is 0. The highest BCUT2D eigenvalue weighted by Crippen LogP contribution is 2.27. The molecule has 3 N–H and O–H groups in total. The van der Waals surface area contributed by atoms with E-state index in [2.05, 4.69) is 57.8 Å². The van der Waals surface area contributed by atoms with Gasteiger partial charge in [-0.2, -0.15) is 11.8 Å². The number of para-hydroxylation sites is 1. The number of thioether (sulfide) groups is 1. The minimum absolute atomic E-state index is 0.436. The molecule has 0 spiro atoms. The van der Waals surface area contributed by atoms with Crippen LogP contribution in [0.3, 0.4) is 0 Å². The molecular formula is C19H30N4OS. The maximum atomic E-state index is 10.5. The fourth-order valence-corrected chi connectivity index (χ4v) is 4.67. The van der Waals surface area contributed by atoms with Crippen molar-refractivity contribution >= 4 is 23.4 Å². The predicted octanol–water partition coefficient (Wildman–Crippen LogP) is 2.08. The zero-order valence-electron chi connectivity index (χ0n) is 15.1. The van der Waals surface area contributed by atoms with Crippen molar-refractivity contribution in [3.8, 4) is 0 Å².